The highest BCUT2D eigenvalue weighted by Gasteiger charge is 2.44. The number of likely N-dealkylation sites (tertiary alicyclic amines) is 1. The van der Waals surface area contributed by atoms with Crippen LogP contribution < -0.4 is 27.4 Å². The predicted octanol–water partition coefficient (Wildman–Crippen LogP) is -0.206. The van der Waals surface area contributed by atoms with Crippen LogP contribution in [0.3, 0.4) is 0 Å². The van der Waals surface area contributed by atoms with Gasteiger partial charge < -0.3 is 47.5 Å². The Kier molecular flexibility index (Phi) is 15.7. The predicted molar refractivity (Wildman–Crippen MR) is 187 cm³/mol. The molecule has 268 valence electrons. The number of piperidine rings is 1. The van der Waals surface area contributed by atoms with E-state index in [9.17, 15) is 34.3 Å². The number of nitrogens with two attached hydrogens (primary N) is 2. The highest BCUT2D eigenvalue weighted by atomic mass is 16.4. The summed E-state index contributed by atoms with van der Waals surface area (Å²) in [6.07, 6.45) is 2.15. The van der Waals surface area contributed by atoms with Crippen molar-refractivity contribution in [3.05, 3.63) is 71.8 Å². The van der Waals surface area contributed by atoms with E-state index in [-0.39, 0.29) is 57.0 Å². The normalized spacial score (nSPS) is 16.6. The topological polar surface area (TPSA) is 220 Å². The molecule has 1 aliphatic heterocycles. The van der Waals surface area contributed by atoms with E-state index in [0.717, 1.165) is 11.1 Å². The van der Waals surface area contributed by atoms with Crippen LogP contribution in [0.2, 0.25) is 0 Å². The monoisotopic (exact) mass is 680 g/mol. The maximum atomic E-state index is 13.9. The van der Waals surface area contributed by atoms with E-state index < -0.39 is 54.5 Å². The van der Waals surface area contributed by atoms with Crippen molar-refractivity contribution in [2.45, 2.75) is 94.9 Å². The van der Waals surface area contributed by atoms with Crippen molar-refractivity contribution in [2.24, 2.45) is 17.4 Å². The third-order valence-corrected chi connectivity index (χ3v) is 8.87. The SMILES string of the molecule is CC(C)CC(NC(=O)[C@@H](Cc1ccccc1)NC(=O)[C@H](N)Cc1ccccc1)C(=O)N[C@H](CCCCN)C(=O)N1CCC(O)(B(O)O)CC1. The number of hydrogen-bond donors (Lipinski definition) is 8. The van der Waals surface area contributed by atoms with Gasteiger partial charge in [0.15, 0.2) is 0 Å². The van der Waals surface area contributed by atoms with E-state index in [2.05, 4.69) is 16.0 Å². The molecule has 0 bridgehead atoms. The Bertz CT molecular complexity index is 1340. The number of nitrogens with zero attached hydrogens (tertiary/aromatic N) is 1. The van der Waals surface area contributed by atoms with Crippen molar-refractivity contribution in [3.63, 3.8) is 0 Å². The largest absolute Gasteiger partial charge is 0.485 e. The standard InChI is InChI=1S/C35H53BN6O7/c1-24(2)21-29(32(44)39-28(15-9-10-18-37)34(46)42-19-16-35(47,17-20-42)36(48)49)41-33(45)30(23-26-13-7-4-8-14-26)40-31(43)27(38)22-25-11-5-3-6-12-25/h3-8,11-14,24,27-30,47-49H,9-10,15-23,37-38H2,1-2H3,(H,39,44)(H,40,43)(H,41,45)/t27-,28-,29?,30-/m1/s1. The van der Waals surface area contributed by atoms with E-state index in [4.69, 9.17) is 11.5 Å². The first kappa shape index (κ1) is 39.6. The van der Waals surface area contributed by atoms with Gasteiger partial charge in [-0.2, -0.15) is 0 Å². The van der Waals surface area contributed by atoms with Crippen molar-refractivity contribution in [1.29, 1.82) is 0 Å². The van der Waals surface area contributed by atoms with Crippen molar-refractivity contribution >= 4 is 30.7 Å². The van der Waals surface area contributed by atoms with Crippen LogP contribution in [0.25, 0.3) is 0 Å². The molecule has 2 aromatic rings. The lowest BCUT2D eigenvalue weighted by atomic mass is 9.63. The molecule has 1 fully saturated rings. The Labute approximate surface area is 289 Å². The smallest absolute Gasteiger partial charge is 0.425 e. The summed E-state index contributed by atoms with van der Waals surface area (Å²) in [6.45, 7) is 4.39. The average Bonchev–Trinajstić information content (AvgIpc) is 3.07. The van der Waals surface area contributed by atoms with E-state index in [1.807, 2.05) is 74.5 Å². The van der Waals surface area contributed by atoms with Crippen LogP contribution in [0.5, 0.6) is 0 Å². The van der Waals surface area contributed by atoms with Crippen LogP contribution in [-0.4, -0.2) is 100 Å². The van der Waals surface area contributed by atoms with Gasteiger partial charge in [-0.05, 0) is 68.5 Å². The van der Waals surface area contributed by atoms with Gasteiger partial charge in [0.2, 0.25) is 23.6 Å². The molecule has 1 aliphatic rings. The summed E-state index contributed by atoms with van der Waals surface area (Å²) in [4.78, 5) is 56.0. The summed E-state index contributed by atoms with van der Waals surface area (Å²) in [5.41, 5.74) is 11.9. The Morgan fingerprint density at radius 2 is 1.31 bits per heavy atom. The number of rotatable bonds is 18. The minimum Gasteiger partial charge on any atom is -0.425 e. The van der Waals surface area contributed by atoms with Crippen LogP contribution in [0.1, 0.15) is 63.5 Å². The molecule has 14 heteroatoms. The van der Waals surface area contributed by atoms with E-state index >= 15 is 0 Å². The summed E-state index contributed by atoms with van der Waals surface area (Å²) < 4.78 is 0. The molecule has 10 N–H and O–H groups in total. The first-order valence-electron chi connectivity index (χ1n) is 17.1. The summed E-state index contributed by atoms with van der Waals surface area (Å²) >= 11 is 0. The molecule has 4 amide bonds. The molecule has 4 atom stereocenters. The molecule has 0 saturated carbocycles. The van der Waals surface area contributed by atoms with Gasteiger partial charge in [0.05, 0.1) is 6.04 Å². The molecule has 3 rings (SSSR count). The second-order valence-corrected chi connectivity index (χ2v) is 13.4. The van der Waals surface area contributed by atoms with Gasteiger partial charge in [0.1, 0.15) is 23.6 Å². The number of nitrogens with one attached hydrogen (secondary N) is 3. The van der Waals surface area contributed by atoms with Crippen molar-refractivity contribution in [3.8, 4) is 0 Å². The minimum absolute atomic E-state index is 0.00594. The molecule has 0 spiro atoms. The number of hydrogen-bond acceptors (Lipinski definition) is 9. The number of unbranched alkanes of at least 4 members (excludes halogenated alkanes) is 1. The number of carbonyl (C=O) groups excluding carboxylic acids is 4. The van der Waals surface area contributed by atoms with Gasteiger partial charge in [-0.15, -0.1) is 0 Å². The summed E-state index contributed by atoms with van der Waals surface area (Å²) in [6, 6.07) is 14.6. The maximum absolute atomic E-state index is 13.9. The number of carbonyl (C=O) groups is 4. The zero-order valence-corrected chi connectivity index (χ0v) is 28.6. The second kappa shape index (κ2) is 19.4. The summed E-state index contributed by atoms with van der Waals surface area (Å²) in [7, 11) is -1.93. The van der Waals surface area contributed by atoms with Gasteiger partial charge in [0, 0.05) is 19.5 Å². The highest BCUT2D eigenvalue weighted by Crippen LogP contribution is 2.24. The summed E-state index contributed by atoms with van der Waals surface area (Å²) in [5, 5.41) is 38.0. The Balaban J connectivity index is 1.76. The molecule has 1 unspecified atom stereocenters. The first-order valence-corrected chi connectivity index (χ1v) is 17.1. The molecule has 1 heterocycles. The van der Waals surface area contributed by atoms with Gasteiger partial charge in [0.25, 0.3) is 0 Å². The van der Waals surface area contributed by atoms with Crippen molar-refractivity contribution in [1.82, 2.24) is 20.9 Å². The van der Waals surface area contributed by atoms with Gasteiger partial charge in [-0.1, -0.05) is 74.5 Å². The molecule has 0 aromatic heterocycles. The quantitative estimate of drug-likeness (QED) is 0.0771. The number of benzene rings is 2. The second-order valence-electron chi connectivity index (χ2n) is 13.4. The van der Waals surface area contributed by atoms with Crippen LogP contribution in [0.4, 0.5) is 0 Å². The van der Waals surface area contributed by atoms with Gasteiger partial charge in [-0.25, -0.2) is 0 Å². The van der Waals surface area contributed by atoms with Crippen molar-refractivity contribution in [2.75, 3.05) is 19.6 Å². The maximum Gasteiger partial charge on any atom is 0.485 e. The van der Waals surface area contributed by atoms with E-state index in [1.165, 1.54) is 4.90 Å². The number of amides is 4. The molecule has 0 aliphatic carbocycles. The van der Waals surface area contributed by atoms with Crippen molar-refractivity contribution < 1.29 is 34.3 Å². The van der Waals surface area contributed by atoms with Crippen LogP contribution in [0, 0.1) is 5.92 Å². The lowest BCUT2D eigenvalue weighted by Crippen LogP contribution is -2.60. The van der Waals surface area contributed by atoms with E-state index in [1.54, 1.807) is 0 Å². The molecular formula is C35H53BN6O7. The minimum atomic E-state index is -1.93. The van der Waals surface area contributed by atoms with Gasteiger partial charge in [-0.3, -0.25) is 19.2 Å². The molecule has 2 aromatic carbocycles. The average molecular weight is 681 g/mol. The van der Waals surface area contributed by atoms with Gasteiger partial charge >= 0.3 is 7.12 Å². The van der Waals surface area contributed by atoms with E-state index in [0.29, 0.717) is 25.8 Å². The number of aliphatic hydroxyl groups is 1. The molecule has 13 nitrogen and oxygen atoms in total. The highest BCUT2D eigenvalue weighted by molar-refractivity contribution is 6.45. The molecular weight excluding hydrogens is 627 g/mol. The molecule has 1 saturated heterocycles. The van der Waals surface area contributed by atoms with Crippen LogP contribution >= 0.6 is 0 Å². The Hall–Kier alpha value is -3.82. The van der Waals surface area contributed by atoms with Crippen LogP contribution in [-0.2, 0) is 32.0 Å². The fourth-order valence-corrected chi connectivity index (χ4v) is 5.89. The Morgan fingerprint density at radius 1 is 0.796 bits per heavy atom. The zero-order chi connectivity index (χ0) is 36.0. The summed E-state index contributed by atoms with van der Waals surface area (Å²) in [5.74, 6) is -1.98. The third-order valence-electron chi connectivity index (χ3n) is 8.87. The lowest BCUT2D eigenvalue weighted by molar-refractivity contribution is -0.140. The first-order chi connectivity index (χ1) is 23.3. The fraction of sp³-hybridized carbons (Fsp3) is 0.543. The lowest BCUT2D eigenvalue weighted by Gasteiger charge is -2.39. The Morgan fingerprint density at radius 3 is 1.84 bits per heavy atom. The zero-order valence-electron chi connectivity index (χ0n) is 28.6. The molecule has 49 heavy (non-hydrogen) atoms. The van der Waals surface area contributed by atoms with Crippen LogP contribution in [0.15, 0.2) is 60.7 Å². The molecule has 0 radical (unpaired) electrons. The fourth-order valence-electron chi connectivity index (χ4n) is 5.89. The third kappa shape index (κ3) is 12.5.